The monoisotopic (exact) mass is 336 g/mol. The van der Waals surface area contributed by atoms with Crippen LogP contribution < -0.4 is 19.3 Å². The number of hydrogen-bond acceptors (Lipinski definition) is 5. The summed E-state index contributed by atoms with van der Waals surface area (Å²) < 4.78 is 18.2. The van der Waals surface area contributed by atoms with E-state index < -0.39 is 0 Å². The van der Waals surface area contributed by atoms with E-state index in [1.54, 1.807) is 9.58 Å². The van der Waals surface area contributed by atoms with Gasteiger partial charge in [-0.25, -0.2) is 0 Å². The van der Waals surface area contributed by atoms with Crippen LogP contribution in [0.2, 0.25) is 0 Å². The zero-order chi connectivity index (χ0) is 15.8. The smallest absolute Gasteiger partial charge is 0.292 e. The molecule has 0 radical (unpaired) electrons. The van der Waals surface area contributed by atoms with E-state index in [9.17, 15) is 0 Å². The molecule has 2 aromatic rings. The third kappa shape index (κ3) is 2.97. The van der Waals surface area contributed by atoms with Crippen LogP contribution in [0.15, 0.2) is 22.6 Å². The second-order valence-electron chi connectivity index (χ2n) is 6.11. The zero-order valence-electron chi connectivity index (χ0n) is 13.0. The predicted octanol–water partition coefficient (Wildman–Crippen LogP) is -1.03. The highest BCUT2D eigenvalue weighted by molar-refractivity contribution is 7.71. The summed E-state index contributed by atoms with van der Waals surface area (Å²) in [6.07, 6.45) is 0. The lowest BCUT2D eigenvalue weighted by atomic mass is 10.2. The summed E-state index contributed by atoms with van der Waals surface area (Å²) in [6.45, 7) is 5.61. The molecule has 1 aromatic carbocycles. The highest BCUT2D eigenvalue weighted by Gasteiger charge is 2.22. The van der Waals surface area contributed by atoms with Gasteiger partial charge < -0.3 is 23.7 Å². The first-order valence-electron chi connectivity index (χ1n) is 7.82. The predicted molar refractivity (Wildman–Crippen MR) is 84.2 cm³/mol. The van der Waals surface area contributed by atoms with Crippen molar-refractivity contribution in [2.75, 3.05) is 40.0 Å². The number of piperazine rings is 1. The van der Waals surface area contributed by atoms with Gasteiger partial charge in [-0.15, -0.1) is 5.10 Å². The van der Waals surface area contributed by atoms with Crippen LogP contribution in [-0.2, 0) is 6.67 Å². The van der Waals surface area contributed by atoms with Gasteiger partial charge in [-0.1, -0.05) is 0 Å². The lowest BCUT2D eigenvalue weighted by Crippen LogP contribution is -3.26. The van der Waals surface area contributed by atoms with E-state index in [2.05, 4.69) is 12.1 Å². The molecule has 4 rings (SSSR count). The average Bonchev–Trinajstić information content (AvgIpc) is 3.16. The number of fused-ring (bicyclic) bond motifs is 1. The molecule has 3 heterocycles. The summed E-state index contributed by atoms with van der Waals surface area (Å²) in [5.74, 6) is 1.98. The van der Waals surface area contributed by atoms with Gasteiger partial charge in [-0.2, -0.15) is 4.68 Å². The van der Waals surface area contributed by atoms with E-state index in [4.69, 9.17) is 26.1 Å². The molecule has 0 amide bonds. The van der Waals surface area contributed by atoms with Gasteiger partial charge in [0.05, 0.1) is 7.05 Å². The molecule has 2 aliphatic heterocycles. The first-order valence-corrected chi connectivity index (χ1v) is 8.23. The van der Waals surface area contributed by atoms with Crippen LogP contribution >= 0.6 is 12.2 Å². The van der Waals surface area contributed by atoms with Crippen molar-refractivity contribution in [3.63, 3.8) is 0 Å². The maximum Gasteiger partial charge on any atom is 0.292 e. The molecule has 2 N–H and O–H groups in total. The van der Waals surface area contributed by atoms with Crippen molar-refractivity contribution < 1.29 is 23.7 Å². The normalized spacial score (nSPS) is 23.2. The maximum atomic E-state index is 5.67. The Kier molecular flexibility index (Phi) is 3.80. The van der Waals surface area contributed by atoms with Crippen LogP contribution in [0.1, 0.15) is 0 Å². The standard InChI is InChI=1S/C15H18N4O3S/c1-17-4-6-18(7-5-17)9-19-15(23)22-14(16-19)11-2-3-12-13(8-11)21-10-20-12/h2-3,8H,4-7,9-10H2,1H3/p+2. The Morgan fingerprint density at radius 1 is 1.17 bits per heavy atom. The van der Waals surface area contributed by atoms with Crippen LogP contribution in [-0.4, -0.2) is 49.8 Å². The van der Waals surface area contributed by atoms with Crippen LogP contribution in [0, 0.1) is 4.84 Å². The third-order valence-corrected chi connectivity index (χ3v) is 4.70. The first-order chi connectivity index (χ1) is 11.2. The van der Waals surface area contributed by atoms with Crippen molar-refractivity contribution in [2.45, 2.75) is 6.67 Å². The molecule has 7 nitrogen and oxygen atoms in total. The Hall–Kier alpha value is -1.90. The van der Waals surface area contributed by atoms with E-state index in [1.165, 1.54) is 18.0 Å². The number of aromatic nitrogens is 2. The molecule has 1 saturated heterocycles. The number of nitrogens with one attached hydrogen (secondary N) is 2. The van der Waals surface area contributed by atoms with Crippen molar-refractivity contribution in [1.82, 2.24) is 9.78 Å². The molecule has 8 heteroatoms. The van der Waals surface area contributed by atoms with Crippen LogP contribution in [0.25, 0.3) is 11.5 Å². The molecule has 0 saturated carbocycles. The molecule has 0 spiro atoms. The van der Waals surface area contributed by atoms with Crippen molar-refractivity contribution in [1.29, 1.82) is 0 Å². The zero-order valence-corrected chi connectivity index (χ0v) is 13.8. The van der Waals surface area contributed by atoms with E-state index >= 15 is 0 Å². The fourth-order valence-corrected chi connectivity index (χ4v) is 3.14. The Morgan fingerprint density at radius 3 is 2.78 bits per heavy atom. The molecule has 0 aliphatic carbocycles. The van der Waals surface area contributed by atoms with E-state index in [1.807, 2.05) is 18.2 Å². The molecule has 23 heavy (non-hydrogen) atoms. The van der Waals surface area contributed by atoms with Crippen LogP contribution in [0.4, 0.5) is 0 Å². The summed E-state index contributed by atoms with van der Waals surface area (Å²) in [7, 11) is 2.23. The summed E-state index contributed by atoms with van der Waals surface area (Å²) in [4.78, 5) is 3.48. The Bertz CT molecular complexity index is 764. The number of nitrogens with zero attached hydrogens (tertiary/aromatic N) is 2. The SMILES string of the molecule is C[NH+]1CC[NH+](Cn2nc(-c3ccc4c(c3)OCO4)oc2=S)CC1. The van der Waals surface area contributed by atoms with Crippen molar-refractivity contribution in [2.24, 2.45) is 0 Å². The minimum absolute atomic E-state index is 0.255. The number of ether oxygens (including phenoxy) is 2. The minimum atomic E-state index is 0.255. The lowest BCUT2D eigenvalue weighted by molar-refractivity contribution is -1.02. The molecule has 1 aromatic heterocycles. The number of likely N-dealkylation sites (N-methyl/N-ethyl adjacent to an activating group) is 1. The number of benzene rings is 1. The molecule has 122 valence electrons. The second-order valence-corrected chi connectivity index (χ2v) is 6.46. The molecular formula is C15H20N4O3S+2. The highest BCUT2D eigenvalue weighted by Crippen LogP contribution is 2.35. The van der Waals surface area contributed by atoms with Gasteiger partial charge in [0.2, 0.25) is 12.7 Å². The Balaban J connectivity index is 1.54. The highest BCUT2D eigenvalue weighted by atomic mass is 32.1. The van der Waals surface area contributed by atoms with Gasteiger partial charge in [0.15, 0.2) is 18.2 Å². The summed E-state index contributed by atoms with van der Waals surface area (Å²) in [5.41, 5.74) is 0.844. The quantitative estimate of drug-likeness (QED) is 0.702. The minimum Gasteiger partial charge on any atom is -0.454 e. The molecule has 2 aliphatic rings. The van der Waals surface area contributed by atoms with Crippen molar-refractivity contribution in [3.05, 3.63) is 23.0 Å². The van der Waals surface area contributed by atoms with E-state index in [0.29, 0.717) is 16.5 Å². The van der Waals surface area contributed by atoms with Gasteiger partial charge in [0.25, 0.3) is 4.84 Å². The second kappa shape index (κ2) is 5.95. The van der Waals surface area contributed by atoms with Gasteiger partial charge in [0.1, 0.15) is 26.2 Å². The molecule has 0 atom stereocenters. The first kappa shape index (κ1) is 14.7. The van der Waals surface area contributed by atoms with Gasteiger partial charge in [-0.05, 0) is 30.4 Å². The van der Waals surface area contributed by atoms with Gasteiger partial charge in [-0.3, -0.25) is 0 Å². The largest absolute Gasteiger partial charge is 0.454 e. The molecule has 0 bridgehead atoms. The number of hydrogen-bond donors (Lipinski definition) is 2. The van der Waals surface area contributed by atoms with Crippen molar-refractivity contribution in [3.8, 4) is 23.0 Å². The molecule has 1 fully saturated rings. The van der Waals surface area contributed by atoms with E-state index in [0.717, 1.165) is 31.1 Å². The van der Waals surface area contributed by atoms with Gasteiger partial charge in [0, 0.05) is 5.56 Å². The van der Waals surface area contributed by atoms with Crippen molar-refractivity contribution >= 4 is 12.2 Å². The Labute approximate surface area is 139 Å². The number of quaternary nitrogens is 2. The van der Waals surface area contributed by atoms with Crippen LogP contribution in [0.5, 0.6) is 11.5 Å². The summed E-state index contributed by atoms with van der Waals surface area (Å²) >= 11 is 5.32. The average molecular weight is 336 g/mol. The fraction of sp³-hybridized carbons (Fsp3) is 0.467. The maximum absolute atomic E-state index is 5.67. The van der Waals surface area contributed by atoms with E-state index in [-0.39, 0.29) is 6.79 Å². The molecule has 0 unspecified atom stereocenters. The third-order valence-electron chi connectivity index (χ3n) is 4.41. The van der Waals surface area contributed by atoms with Gasteiger partial charge >= 0.3 is 0 Å². The molecular weight excluding hydrogens is 316 g/mol. The Morgan fingerprint density at radius 2 is 1.96 bits per heavy atom. The number of rotatable bonds is 3. The van der Waals surface area contributed by atoms with Crippen LogP contribution in [0.3, 0.4) is 0 Å². The summed E-state index contributed by atoms with van der Waals surface area (Å²) in [5, 5.41) is 4.54. The topological polar surface area (TPSA) is 58.3 Å². The lowest BCUT2D eigenvalue weighted by Gasteiger charge is -2.26. The fourth-order valence-electron chi connectivity index (χ4n) is 2.95. The summed E-state index contributed by atoms with van der Waals surface area (Å²) in [6, 6.07) is 5.65.